The van der Waals surface area contributed by atoms with Gasteiger partial charge >= 0.3 is 0 Å². The number of furan rings is 1. The predicted molar refractivity (Wildman–Crippen MR) is 113 cm³/mol. The van der Waals surface area contributed by atoms with Gasteiger partial charge in [-0.15, -0.1) is 0 Å². The van der Waals surface area contributed by atoms with Crippen LogP contribution in [-0.4, -0.2) is 0 Å². The summed E-state index contributed by atoms with van der Waals surface area (Å²) in [7, 11) is 0. The molecule has 0 atom stereocenters. The first kappa shape index (κ1) is 15.7. The lowest BCUT2D eigenvalue weighted by Crippen LogP contribution is -1.84. The molecule has 0 spiro atoms. The van der Waals surface area contributed by atoms with E-state index in [1.165, 1.54) is 16.7 Å². The average molecular weight is 346 g/mol. The molecule has 27 heavy (non-hydrogen) atoms. The normalized spacial score (nSPS) is 11.0. The fourth-order valence-corrected chi connectivity index (χ4v) is 3.68. The minimum atomic E-state index is 0.911. The highest BCUT2D eigenvalue weighted by Gasteiger charge is 2.20. The molecule has 0 N–H and O–H groups in total. The van der Waals surface area contributed by atoms with Crippen LogP contribution in [0.25, 0.3) is 44.5 Å². The van der Waals surface area contributed by atoms with Crippen molar-refractivity contribution in [3.63, 3.8) is 0 Å². The molecule has 0 aliphatic rings. The van der Waals surface area contributed by atoms with Crippen molar-refractivity contribution in [1.29, 1.82) is 0 Å². The van der Waals surface area contributed by atoms with E-state index in [4.69, 9.17) is 4.42 Å². The lowest BCUT2D eigenvalue weighted by molar-refractivity contribution is 0.632. The zero-order valence-electron chi connectivity index (χ0n) is 14.8. The van der Waals surface area contributed by atoms with Crippen LogP contribution in [0.4, 0.5) is 0 Å². The van der Waals surface area contributed by atoms with E-state index in [9.17, 15) is 0 Å². The molecule has 1 heteroatoms. The number of hydrogen-bond acceptors (Lipinski definition) is 1. The molecule has 0 aliphatic heterocycles. The Labute approximate surface area is 158 Å². The largest absolute Gasteiger partial charge is 0.455 e. The van der Waals surface area contributed by atoms with E-state index in [-0.39, 0.29) is 0 Å². The second kappa shape index (κ2) is 6.62. The van der Waals surface area contributed by atoms with E-state index in [1.54, 1.807) is 0 Å². The van der Waals surface area contributed by atoms with Gasteiger partial charge in [0.1, 0.15) is 11.3 Å². The van der Waals surface area contributed by atoms with Crippen LogP contribution in [0.5, 0.6) is 0 Å². The topological polar surface area (TPSA) is 13.1 Å². The second-order valence-corrected chi connectivity index (χ2v) is 6.58. The van der Waals surface area contributed by atoms with Crippen LogP contribution >= 0.6 is 0 Å². The Balaban J connectivity index is 1.90. The highest BCUT2D eigenvalue weighted by Crippen LogP contribution is 2.44. The van der Waals surface area contributed by atoms with Crippen molar-refractivity contribution >= 4 is 11.0 Å². The van der Waals surface area contributed by atoms with Crippen molar-refractivity contribution in [2.45, 2.75) is 0 Å². The molecule has 0 saturated carbocycles. The average Bonchev–Trinajstić information content (AvgIpc) is 3.15. The summed E-state index contributed by atoms with van der Waals surface area (Å²) in [4.78, 5) is 0. The van der Waals surface area contributed by atoms with E-state index in [0.717, 1.165) is 27.9 Å². The van der Waals surface area contributed by atoms with Crippen molar-refractivity contribution in [3.8, 4) is 33.6 Å². The van der Waals surface area contributed by atoms with Crippen molar-refractivity contribution in [2.75, 3.05) is 0 Å². The maximum absolute atomic E-state index is 6.40. The molecule has 1 nitrogen and oxygen atoms in total. The van der Waals surface area contributed by atoms with E-state index in [2.05, 4.69) is 91.0 Å². The Bertz CT molecular complexity index is 1190. The van der Waals surface area contributed by atoms with Gasteiger partial charge in [-0.3, -0.25) is 0 Å². The van der Waals surface area contributed by atoms with Gasteiger partial charge in [0.2, 0.25) is 0 Å². The molecule has 0 fully saturated rings. The van der Waals surface area contributed by atoms with Gasteiger partial charge in [-0.2, -0.15) is 0 Å². The fourth-order valence-electron chi connectivity index (χ4n) is 3.68. The summed E-state index contributed by atoms with van der Waals surface area (Å²) in [6.07, 6.45) is 0. The third-order valence-electron chi connectivity index (χ3n) is 4.90. The fraction of sp³-hybridized carbons (Fsp3) is 0. The van der Waals surface area contributed by atoms with Gasteiger partial charge < -0.3 is 4.42 Å². The first-order valence-electron chi connectivity index (χ1n) is 9.13. The first-order chi connectivity index (χ1) is 13.4. The molecule has 5 rings (SSSR count). The highest BCUT2D eigenvalue weighted by atomic mass is 16.3. The van der Waals surface area contributed by atoms with Gasteiger partial charge in [-0.1, -0.05) is 103 Å². The van der Waals surface area contributed by atoms with Crippen LogP contribution in [0.2, 0.25) is 0 Å². The first-order valence-corrected chi connectivity index (χ1v) is 9.13. The summed E-state index contributed by atoms with van der Waals surface area (Å²) in [6.45, 7) is 0. The Morgan fingerprint density at radius 2 is 1.00 bits per heavy atom. The standard InChI is InChI=1S/C26H18O/c1-4-11-19(12-5-1)22-17-10-18-23-25(22)24(20-13-6-2-7-14-20)26(27-23)21-15-8-3-9-16-21/h1-18H. The molecule has 0 radical (unpaired) electrons. The molecule has 0 amide bonds. The van der Waals surface area contributed by atoms with Gasteiger partial charge in [0, 0.05) is 16.5 Å². The Kier molecular flexibility index (Phi) is 3.84. The highest BCUT2D eigenvalue weighted by molar-refractivity contribution is 6.09. The van der Waals surface area contributed by atoms with Crippen LogP contribution in [0.1, 0.15) is 0 Å². The number of rotatable bonds is 3. The predicted octanol–water partition coefficient (Wildman–Crippen LogP) is 7.43. The van der Waals surface area contributed by atoms with Crippen molar-refractivity contribution < 1.29 is 4.42 Å². The Morgan fingerprint density at radius 1 is 0.444 bits per heavy atom. The van der Waals surface area contributed by atoms with E-state index < -0.39 is 0 Å². The van der Waals surface area contributed by atoms with E-state index in [1.807, 2.05) is 18.2 Å². The zero-order valence-corrected chi connectivity index (χ0v) is 14.8. The molecule has 128 valence electrons. The van der Waals surface area contributed by atoms with Crippen LogP contribution in [0.3, 0.4) is 0 Å². The van der Waals surface area contributed by atoms with E-state index >= 15 is 0 Å². The second-order valence-electron chi connectivity index (χ2n) is 6.58. The molecule has 0 aliphatic carbocycles. The van der Waals surface area contributed by atoms with Gasteiger partial charge in [0.05, 0.1) is 0 Å². The lowest BCUT2D eigenvalue weighted by atomic mass is 9.93. The van der Waals surface area contributed by atoms with Gasteiger partial charge in [0.15, 0.2) is 0 Å². The number of benzene rings is 4. The summed E-state index contributed by atoms with van der Waals surface area (Å²) in [5.74, 6) is 0.917. The number of fused-ring (bicyclic) bond motifs is 1. The Morgan fingerprint density at radius 3 is 1.63 bits per heavy atom. The molecule has 5 aromatic rings. The molecule has 0 bridgehead atoms. The van der Waals surface area contributed by atoms with Crippen LogP contribution in [-0.2, 0) is 0 Å². The summed E-state index contributed by atoms with van der Waals surface area (Å²) in [6, 6.07) is 37.7. The molecule has 4 aromatic carbocycles. The third-order valence-corrected chi connectivity index (χ3v) is 4.90. The Hall–Kier alpha value is -3.58. The summed E-state index contributed by atoms with van der Waals surface area (Å²) in [5, 5.41) is 1.16. The quantitative estimate of drug-likeness (QED) is 0.331. The monoisotopic (exact) mass is 346 g/mol. The summed E-state index contributed by atoms with van der Waals surface area (Å²) < 4.78 is 6.40. The minimum absolute atomic E-state index is 0.911. The van der Waals surface area contributed by atoms with E-state index in [0.29, 0.717) is 0 Å². The molecular formula is C26H18O. The van der Waals surface area contributed by atoms with Crippen LogP contribution in [0.15, 0.2) is 114 Å². The SMILES string of the molecule is c1ccc(-c2oc3cccc(-c4ccccc4)c3c2-c2ccccc2)cc1. The van der Waals surface area contributed by atoms with Crippen LogP contribution in [0, 0.1) is 0 Å². The molecular weight excluding hydrogens is 328 g/mol. The summed E-state index contributed by atoms with van der Waals surface area (Å²) in [5.41, 5.74) is 6.70. The molecule has 1 heterocycles. The van der Waals surface area contributed by atoms with Crippen molar-refractivity contribution in [3.05, 3.63) is 109 Å². The minimum Gasteiger partial charge on any atom is -0.455 e. The molecule has 0 unspecified atom stereocenters. The zero-order chi connectivity index (χ0) is 18.1. The van der Waals surface area contributed by atoms with Crippen molar-refractivity contribution in [2.24, 2.45) is 0 Å². The lowest BCUT2D eigenvalue weighted by Gasteiger charge is -2.07. The van der Waals surface area contributed by atoms with Gasteiger partial charge in [-0.05, 0) is 22.8 Å². The third kappa shape index (κ3) is 2.74. The smallest absolute Gasteiger partial charge is 0.143 e. The maximum Gasteiger partial charge on any atom is 0.143 e. The van der Waals surface area contributed by atoms with Gasteiger partial charge in [-0.25, -0.2) is 0 Å². The molecule has 1 aromatic heterocycles. The van der Waals surface area contributed by atoms with Crippen molar-refractivity contribution in [1.82, 2.24) is 0 Å². The molecule has 0 saturated heterocycles. The maximum atomic E-state index is 6.40. The van der Waals surface area contributed by atoms with Gasteiger partial charge in [0.25, 0.3) is 0 Å². The summed E-state index contributed by atoms with van der Waals surface area (Å²) >= 11 is 0. The number of hydrogen-bond donors (Lipinski definition) is 0. The van der Waals surface area contributed by atoms with Crippen LogP contribution < -0.4 is 0 Å².